The highest BCUT2D eigenvalue weighted by Gasteiger charge is 2.01. The van der Waals surface area contributed by atoms with Crippen molar-refractivity contribution in [2.24, 2.45) is 7.05 Å². The van der Waals surface area contributed by atoms with Crippen molar-refractivity contribution in [2.45, 2.75) is 6.54 Å². The predicted molar refractivity (Wildman–Crippen MR) is 55.5 cm³/mol. The number of nitrogens with zero attached hydrogens (tertiary/aromatic N) is 2. The zero-order valence-corrected chi connectivity index (χ0v) is 8.96. The van der Waals surface area contributed by atoms with Crippen LogP contribution in [0.5, 0.6) is 0 Å². The van der Waals surface area contributed by atoms with E-state index in [1.807, 2.05) is 34.9 Å². The van der Waals surface area contributed by atoms with Crippen LogP contribution in [0.3, 0.4) is 0 Å². The van der Waals surface area contributed by atoms with Gasteiger partial charge < -0.3 is 9.90 Å². The zero-order chi connectivity index (χ0) is 11.5. The van der Waals surface area contributed by atoms with E-state index in [1.54, 1.807) is 24.3 Å². The Hall–Kier alpha value is -2.10. The third-order valence-corrected chi connectivity index (χ3v) is 2.38. The Balaban J connectivity index is 2.14. The molecule has 4 nitrogen and oxygen atoms in total. The van der Waals surface area contributed by atoms with Gasteiger partial charge in [0.25, 0.3) is 0 Å². The van der Waals surface area contributed by atoms with E-state index in [0.29, 0.717) is 0 Å². The van der Waals surface area contributed by atoms with Gasteiger partial charge in [0.2, 0.25) is 6.33 Å². The summed E-state index contributed by atoms with van der Waals surface area (Å²) in [5.41, 5.74) is 1.27. The smallest absolute Gasteiger partial charge is 0.243 e. The molecule has 2 rings (SSSR count). The number of carbonyl (C=O) groups excluding carboxylic acids is 1. The Morgan fingerprint density at radius 2 is 2.06 bits per heavy atom. The molecule has 1 aromatic carbocycles. The summed E-state index contributed by atoms with van der Waals surface area (Å²) in [6.07, 6.45) is 5.88. The van der Waals surface area contributed by atoms with Crippen LogP contribution in [0.2, 0.25) is 0 Å². The lowest BCUT2D eigenvalue weighted by Gasteiger charge is -2.03. The molecule has 0 atom stereocenters. The van der Waals surface area contributed by atoms with Gasteiger partial charge in [0.05, 0.1) is 13.0 Å². The van der Waals surface area contributed by atoms with E-state index < -0.39 is 5.97 Å². The molecule has 0 amide bonds. The highest BCUT2D eigenvalue weighted by molar-refractivity contribution is 5.85. The number of benzene rings is 1. The predicted octanol–water partition coefficient (Wildman–Crippen LogP) is -0.276. The van der Waals surface area contributed by atoms with Gasteiger partial charge in [-0.05, 0) is 11.1 Å². The minimum absolute atomic E-state index is 0.210. The summed E-state index contributed by atoms with van der Waals surface area (Å²) in [6.45, 7) is 0.730. The number of aromatic carboxylic acids is 1. The molecule has 1 aromatic heterocycles. The van der Waals surface area contributed by atoms with Crippen molar-refractivity contribution in [1.29, 1.82) is 0 Å². The first-order valence-corrected chi connectivity index (χ1v) is 4.96. The highest BCUT2D eigenvalue weighted by atomic mass is 16.4. The summed E-state index contributed by atoms with van der Waals surface area (Å²) in [5.74, 6) is -1.14. The van der Waals surface area contributed by atoms with Crippen molar-refractivity contribution in [1.82, 2.24) is 4.57 Å². The Kier molecular flexibility index (Phi) is 2.72. The van der Waals surface area contributed by atoms with E-state index in [0.717, 1.165) is 12.1 Å². The molecule has 0 radical (unpaired) electrons. The number of carboxylic acids is 1. The van der Waals surface area contributed by atoms with E-state index in [-0.39, 0.29) is 5.56 Å². The first-order valence-electron chi connectivity index (χ1n) is 4.96. The molecule has 0 saturated heterocycles. The maximum atomic E-state index is 10.6. The molecule has 16 heavy (non-hydrogen) atoms. The molecule has 4 heteroatoms. The molecule has 0 N–H and O–H groups in total. The van der Waals surface area contributed by atoms with Gasteiger partial charge in [-0.3, -0.25) is 0 Å². The van der Waals surface area contributed by atoms with Crippen LogP contribution in [0.1, 0.15) is 15.9 Å². The van der Waals surface area contributed by atoms with Crippen molar-refractivity contribution < 1.29 is 14.5 Å². The fourth-order valence-corrected chi connectivity index (χ4v) is 1.55. The first-order chi connectivity index (χ1) is 7.65. The molecule has 0 saturated carbocycles. The molecule has 0 aliphatic heterocycles. The van der Waals surface area contributed by atoms with Gasteiger partial charge in [-0.15, -0.1) is 0 Å². The second-order valence-corrected chi connectivity index (χ2v) is 3.74. The number of hydrogen-bond donors (Lipinski definition) is 0. The van der Waals surface area contributed by atoms with Crippen molar-refractivity contribution in [3.8, 4) is 0 Å². The molecule has 2 aromatic rings. The van der Waals surface area contributed by atoms with Crippen LogP contribution >= 0.6 is 0 Å². The van der Waals surface area contributed by atoms with E-state index in [4.69, 9.17) is 0 Å². The van der Waals surface area contributed by atoms with Crippen LogP contribution in [0, 0.1) is 0 Å². The zero-order valence-electron chi connectivity index (χ0n) is 8.96. The molecule has 0 spiro atoms. The second-order valence-electron chi connectivity index (χ2n) is 3.74. The lowest BCUT2D eigenvalue weighted by molar-refractivity contribution is -0.671. The molecule has 0 aliphatic rings. The molecule has 1 heterocycles. The molecular formula is C12H12N2O2. The first kappa shape index (κ1) is 10.4. The van der Waals surface area contributed by atoms with Crippen LogP contribution in [-0.4, -0.2) is 10.5 Å². The van der Waals surface area contributed by atoms with Crippen LogP contribution in [-0.2, 0) is 13.6 Å². The fraction of sp³-hybridized carbons (Fsp3) is 0.167. The summed E-state index contributed by atoms with van der Waals surface area (Å²) in [6, 6.07) is 6.72. The lowest BCUT2D eigenvalue weighted by atomic mass is 10.1. The third kappa shape index (κ3) is 2.28. The summed E-state index contributed by atoms with van der Waals surface area (Å²) in [4.78, 5) is 10.6. The van der Waals surface area contributed by atoms with Crippen molar-refractivity contribution >= 4 is 5.97 Å². The van der Waals surface area contributed by atoms with Gasteiger partial charge in [-0.2, -0.15) is 0 Å². The van der Waals surface area contributed by atoms with Crippen molar-refractivity contribution in [3.63, 3.8) is 0 Å². The summed E-state index contributed by atoms with van der Waals surface area (Å²) < 4.78 is 3.98. The van der Waals surface area contributed by atoms with Crippen LogP contribution in [0.4, 0.5) is 0 Å². The van der Waals surface area contributed by atoms with E-state index in [2.05, 4.69) is 0 Å². The van der Waals surface area contributed by atoms with Gasteiger partial charge in [0.15, 0.2) is 0 Å². The average molecular weight is 216 g/mol. The Labute approximate surface area is 93.4 Å². The molecule has 0 aliphatic carbocycles. The summed E-state index contributed by atoms with van der Waals surface area (Å²) in [7, 11) is 1.95. The monoisotopic (exact) mass is 216 g/mol. The van der Waals surface area contributed by atoms with Gasteiger partial charge in [-0.1, -0.05) is 24.3 Å². The van der Waals surface area contributed by atoms with Crippen LogP contribution < -0.4 is 9.67 Å². The SMILES string of the molecule is C[n+]1ccn(Cc2ccc(C(=O)[O-])cc2)c1. The van der Waals surface area contributed by atoms with E-state index >= 15 is 0 Å². The average Bonchev–Trinajstić information content (AvgIpc) is 2.65. The third-order valence-electron chi connectivity index (χ3n) is 2.38. The normalized spacial score (nSPS) is 10.3. The largest absolute Gasteiger partial charge is 0.545 e. The minimum Gasteiger partial charge on any atom is -0.545 e. The number of carboxylic acid groups (broad SMARTS) is 1. The molecular weight excluding hydrogens is 204 g/mol. The molecule has 0 unspecified atom stereocenters. The molecule has 82 valence electrons. The summed E-state index contributed by atoms with van der Waals surface area (Å²) in [5, 5.41) is 10.6. The fourth-order valence-electron chi connectivity index (χ4n) is 1.55. The van der Waals surface area contributed by atoms with E-state index in [9.17, 15) is 9.90 Å². The number of carbonyl (C=O) groups is 1. The number of rotatable bonds is 3. The topological polar surface area (TPSA) is 48.9 Å². The number of aryl methyl sites for hydroxylation is 1. The van der Waals surface area contributed by atoms with Gasteiger partial charge in [0.1, 0.15) is 18.9 Å². The van der Waals surface area contributed by atoms with Crippen molar-refractivity contribution in [2.75, 3.05) is 0 Å². The van der Waals surface area contributed by atoms with Crippen LogP contribution in [0.15, 0.2) is 43.0 Å². The lowest BCUT2D eigenvalue weighted by Crippen LogP contribution is -2.23. The minimum atomic E-state index is -1.14. The molecule has 0 fully saturated rings. The van der Waals surface area contributed by atoms with Crippen LogP contribution in [0.25, 0.3) is 0 Å². The van der Waals surface area contributed by atoms with E-state index in [1.165, 1.54) is 0 Å². The Morgan fingerprint density at radius 3 is 2.56 bits per heavy atom. The number of imidazole rings is 1. The maximum Gasteiger partial charge on any atom is 0.243 e. The molecule has 0 bridgehead atoms. The summed E-state index contributed by atoms with van der Waals surface area (Å²) >= 11 is 0. The highest BCUT2D eigenvalue weighted by Crippen LogP contribution is 2.05. The number of hydrogen-bond acceptors (Lipinski definition) is 2. The quantitative estimate of drug-likeness (QED) is 0.663. The standard InChI is InChI=1S/C12H12N2O2/c1-13-6-7-14(9-13)8-10-2-4-11(5-3-10)12(15)16/h2-7,9H,8H2,1H3. The van der Waals surface area contributed by atoms with Crippen molar-refractivity contribution in [3.05, 3.63) is 54.1 Å². The second kappa shape index (κ2) is 4.18. The Bertz CT molecular complexity index is 500. The Morgan fingerprint density at radius 1 is 1.38 bits per heavy atom. The number of aromatic nitrogens is 2. The maximum absolute atomic E-state index is 10.6. The van der Waals surface area contributed by atoms with Gasteiger partial charge >= 0.3 is 0 Å². The van der Waals surface area contributed by atoms with Gasteiger partial charge in [-0.25, -0.2) is 9.13 Å². The van der Waals surface area contributed by atoms with Gasteiger partial charge in [0, 0.05) is 0 Å².